The summed E-state index contributed by atoms with van der Waals surface area (Å²) in [6.45, 7) is 4.04. The fourth-order valence-corrected chi connectivity index (χ4v) is 3.68. The zero-order valence-electron chi connectivity index (χ0n) is 19.2. The van der Waals surface area contributed by atoms with E-state index >= 15 is 0 Å². The summed E-state index contributed by atoms with van der Waals surface area (Å²) in [5.41, 5.74) is 2.65. The zero-order chi connectivity index (χ0) is 21.9. The van der Waals surface area contributed by atoms with E-state index in [0.29, 0.717) is 6.04 Å². The lowest BCUT2D eigenvalue weighted by Gasteiger charge is -2.33. The van der Waals surface area contributed by atoms with Gasteiger partial charge in [-0.2, -0.15) is 0 Å². The third-order valence-corrected chi connectivity index (χ3v) is 5.60. The lowest BCUT2D eigenvalue weighted by molar-refractivity contribution is -0.127. The molecule has 0 radical (unpaired) electrons. The Morgan fingerprint density at radius 1 is 1.00 bits per heavy atom. The lowest BCUT2D eigenvalue weighted by Crippen LogP contribution is -2.49. The maximum absolute atomic E-state index is 12.0. The van der Waals surface area contributed by atoms with E-state index in [-0.39, 0.29) is 36.4 Å². The molecule has 174 valence electrons. The molecular formula is C25H36IN5O. The normalized spacial score (nSPS) is 15.0. The Hall–Kier alpha value is -2.13. The Morgan fingerprint density at radius 2 is 1.59 bits per heavy atom. The molecule has 0 saturated carbocycles. The first kappa shape index (κ1) is 26.1. The van der Waals surface area contributed by atoms with Gasteiger partial charge in [-0.3, -0.25) is 9.69 Å². The van der Waals surface area contributed by atoms with Crippen molar-refractivity contribution < 1.29 is 4.79 Å². The van der Waals surface area contributed by atoms with E-state index in [1.807, 2.05) is 6.07 Å². The minimum Gasteiger partial charge on any atom is -0.356 e. The number of likely N-dealkylation sites (tertiary alicyclic amines) is 1. The molecule has 0 aromatic heterocycles. The number of amides is 1. The summed E-state index contributed by atoms with van der Waals surface area (Å²) < 4.78 is 0. The molecule has 2 N–H and O–H groups in total. The molecule has 2 aromatic carbocycles. The molecule has 0 spiro atoms. The third kappa shape index (κ3) is 9.16. The maximum Gasteiger partial charge on any atom is 0.243 e. The van der Waals surface area contributed by atoms with Crippen LogP contribution >= 0.6 is 24.0 Å². The number of carbonyl (C=O) groups excluding carboxylic acids is 1. The van der Waals surface area contributed by atoms with Crippen LogP contribution in [0.25, 0.3) is 0 Å². The van der Waals surface area contributed by atoms with Gasteiger partial charge < -0.3 is 15.5 Å². The van der Waals surface area contributed by atoms with Gasteiger partial charge >= 0.3 is 0 Å². The number of likely N-dealkylation sites (N-methyl/N-ethyl adjacent to an activating group) is 1. The van der Waals surface area contributed by atoms with Gasteiger partial charge in [-0.05, 0) is 30.4 Å². The van der Waals surface area contributed by atoms with Crippen LogP contribution < -0.4 is 10.6 Å². The smallest absolute Gasteiger partial charge is 0.243 e. The molecule has 0 bridgehead atoms. The Balaban J connectivity index is 0.00000363. The number of hydrogen-bond donors (Lipinski definition) is 2. The summed E-state index contributed by atoms with van der Waals surface area (Å²) in [4.78, 5) is 20.6. The fourth-order valence-electron chi connectivity index (χ4n) is 3.68. The molecule has 0 unspecified atom stereocenters. The molecule has 3 rings (SSSR count). The molecule has 1 heterocycles. The topological polar surface area (TPSA) is 60.0 Å². The zero-order valence-corrected chi connectivity index (χ0v) is 21.5. The van der Waals surface area contributed by atoms with Crippen molar-refractivity contribution in [1.29, 1.82) is 0 Å². The quantitative estimate of drug-likeness (QED) is 0.302. The van der Waals surface area contributed by atoms with E-state index in [0.717, 1.165) is 51.4 Å². The average molecular weight is 550 g/mol. The first-order chi connectivity index (χ1) is 15.1. The van der Waals surface area contributed by atoms with Crippen LogP contribution in [-0.2, 0) is 17.8 Å². The molecule has 0 atom stereocenters. The van der Waals surface area contributed by atoms with Gasteiger partial charge in [-0.25, -0.2) is 4.99 Å². The van der Waals surface area contributed by atoms with Crippen LogP contribution in [0.2, 0.25) is 0 Å². The van der Waals surface area contributed by atoms with Gasteiger partial charge in [0.05, 0.1) is 0 Å². The average Bonchev–Trinajstić information content (AvgIpc) is 2.79. The number of hydrogen-bond acceptors (Lipinski definition) is 3. The largest absolute Gasteiger partial charge is 0.356 e. The second-order valence-corrected chi connectivity index (χ2v) is 8.30. The van der Waals surface area contributed by atoms with Crippen LogP contribution in [0, 0.1) is 0 Å². The molecule has 1 amide bonds. The van der Waals surface area contributed by atoms with Gasteiger partial charge in [0.1, 0.15) is 6.54 Å². The minimum atomic E-state index is 0. The van der Waals surface area contributed by atoms with Crippen molar-refractivity contribution in [2.75, 3.05) is 40.3 Å². The highest BCUT2D eigenvalue weighted by Gasteiger charge is 2.20. The van der Waals surface area contributed by atoms with Gasteiger partial charge in [0, 0.05) is 46.3 Å². The molecule has 1 saturated heterocycles. The van der Waals surface area contributed by atoms with E-state index in [1.165, 1.54) is 11.1 Å². The summed E-state index contributed by atoms with van der Waals surface area (Å²) in [5.74, 6) is 0.731. The molecule has 7 heteroatoms. The Kier molecular flexibility index (Phi) is 11.5. The van der Waals surface area contributed by atoms with Crippen molar-refractivity contribution in [3.8, 4) is 0 Å². The van der Waals surface area contributed by atoms with Crippen molar-refractivity contribution in [1.82, 2.24) is 20.4 Å². The molecule has 32 heavy (non-hydrogen) atoms. The summed E-state index contributed by atoms with van der Waals surface area (Å²) in [6.07, 6.45) is 3.04. The standard InChI is InChI=1S/C25H35N5O.HI/c1-29(2)24(31)19-27-25(26-16-13-21-9-5-3-6-10-21)28-23-14-17-30(18-15-23)20-22-11-7-4-8-12-22;/h3-12,23H,13-20H2,1-2H3,(H2,26,27,28);1H. The van der Waals surface area contributed by atoms with Crippen molar-refractivity contribution >= 4 is 35.8 Å². The highest BCUT2D eigenvalue weighted by Crippen LogP contribution is 2.13. The maximum atomic E-state index is 12.0. The number of guanidine groups is 1. The number of nitrogens with one attached hydrogen (secondary N) is 2. The predicted octanol–water partition coefficient (Wildman–Crippen LogP) is 3.14. The van der Waals surface area contributed by atoms with E-state index in [4.69, 9.17) is 0 Å². The SMILES string of the molecule is CN(C)C(=O)CN=C(NCCc1ccccc1)NC1CCN(Cc2ccccc2)CC1.I. The number of halogens is 1. The Labute approximate surface area is 209 Å². The number of aliphatic imine (C=N–C) groups is 1. The molecule has 1 aliphatic heterocycles. The summed E-state index contributed by atoms with van der Waals surface area (Å²) >= 11 is 0. The fraction of sp³-hybridized carbons (Fsp3) is 0.440. The monoisotopic (exact) mass is 549 g/mol. The Morgan fingerprint density at radius 3 is 2.19 bits per heavy atom. The number of benzene rings is 2. The lowest BCUT2D eigenvalue weighted by atomic mass is 10.0. The van der Waals surface area contributed by atoms with Crippen molar-refractivity contribution in [2.45, 2.75) is 31.8 Å². The first-order valence-electron chi connectivity index (χ1n) is 11.2. The minimum absolute atomic E-state index is 0. The summed E-state index contributed by atoms with van der Waals surface area (Å²) in [7, 11) is 3.52. The van der Waals surface area contributed by atoms with E-state index in [9.17, 15) is 4.79 Å². The second kappa shape index (κ2) is 14.1. The number of rotatable bonds is 8. The van der Waals surface area contributed by atoms with Crippen molar-refractivity contribution in [3.63, 3.8) is 0 Å². The summed E-state index contributed by atoms with van der Waals surface area (Å²) in [6, 6.07) is 21.4. The van der Waals surface area contributed by atoms with Crippen LogP contribution in [-0.4, -0.2) is 68.0 Å². The van der Waals surface area contributed by atoms with E-state index < -0.39 is 0 Å². The molecule has 1 fully saturated rings. The van der Waals surface area contributed by atoms with Crippen LogP contribution in [0.1, 0.15) is 24.0 Å². The van der Waals surface area contributed by atoms with Crippen LogP contribution in [0.4, 0.5) is 0 Å². The van der Waals surface area contributed by atoms with Crippen LogP contribution in [0.15, 0.2) is 65.7 Å². The van der Waals surface area contributed by atoms with Crippen molar-refractivity contribution in [2.24, 2.45) is 4.99 Å². The first-order valence-corrected chi connectivity index (χ1v) is 11.2. The van der Waals surface area contributed by atoms with E-state index in [1.54, 1.807) is 19.0 Å². The number of carbonyl (C=O) groups is 1. The van der Waals surface area contributed by atoms with Gasteiger partial charge in [-0.15, -0.1) is 24.0 Å². The molecule has 0 aliphatic carbocycles. The molecular weight excluding hydrogens is 513 g/mol. The number of nitrogens with zero attached hydrogens (tertiary/aromatic N) is 3. The highest BCUT2D eigenvalue weighted by molar-refractivity contribution is 14.0. The second-order valence-electron chi connectivity index (χ2n) is 8.30. The Bertz CT molecular complexity index is 821. The van der Waals surface area contributed by atoms with Gasteiger partial charge in [0.25, 0.3) is 0 Å². The van der Waals surface area contributed by atoms with E-state index in [2.05, 4.69) is 75.1 Å². The van der Waals surface area contributed by atoms with Crippen LogP contribution in [0.3, 0.4) is 0 Å². The highest BCUT2D eigenvalue weighted by atomic mass is 127. The van der Waals surface area contributed by atoms with Gasteiger partial charge in [0.2, 0.25) is 5.91 Å². The number of piperidine rings is 1. The third-order valence-electron chi connectivity index (χ3n) is 5.60. The van der Waals surface area contributed by atoms with Gasteiger partial charge in [-0.1, -0.05) is 60.7 Å². The predicted molar refractivity (Wildman–Crippen MR) is 142 cm³/mol. The van der Waals surface area contributed by atoms with Gasteiger partial charge in [0.15, 0.2) is 5.96 Å². The van der Waals surface area contributed by atoms with Crippen LogP contribution in [0.5, 0.6) is 0 Å². The summed E-state index contributed by atoms with van der Waals surface area (Å²) in [5, 5.41) is 6.98. The molecule has 1 aliphatic rings. The molecule has 6 nitrogen and oxygen atoms in total. The molecule has 2 aromatic rings. The van der Waals surface area contributed by atoms with Crippen molar-refractivity contribution in [3.05, 3.63) is 71.8 Å².